The maximum Gasteiger partial charge on any atom is 0.251 e. The van der Waals surface area contributed by atoms with Crippen molar-refractivity contribution in [2.45, 2.75) is 64.5 Å². The van der Waals surface area contributed by atoms with Gasteiger partial charge in [0.25, 0.3) is 5.91 Å². The van der Waals surface area contributed by atoms with Gasteiger partial charge in [-0.05, 0) is 72.9 Å². The average Bonchev–Trinajstić information content (AvgIpc) is 2.90. The quantitative estimate of drug-likeness (QED) is 0.405. The van der Waals surface area contributed by atoms with Crippen molar-refractivity contribution in [3.8, 4) is 12.3 Å². The molecule has 1 aliphatic rings. The van der Waals surface area contributed by atoms with Gasteiger partial charge in [-0.1, -0.05) is 38.1 Å². The Morgan fingerprint density at radius 3 is 2.50 bits per heavy atom. The predicted molar refractivity (Wildman–Crippen MR) is 161 cm³/mol. The topological polar surface area (TPSA) is 108 Å². The van der Waals surface area contributed by atoms with Gasteiger partial charge in [-0.3, -0.25) is 13.9 Å². The Morgan fingerprint density at radius 1 is 1.12 bits per heavy atom. The molecule has 9 heteroatoms. The molecule has 0 saturated carbocycles. The normalized spacial score (nSPS) is 16.8. The molecule has 0 unspecified atom stereocenters. The van der Waals surface area contributed by atoms with Crippen molar-refractivity contribution in [2.75, 3.05) is 30.7 Å². The molecule has 0 radical (unpaired) electrons. The third-order valence-electron chi connectivity index (χ3n) is 7.02. The highest BCUT2D eigenvalue weighted by Crippen LogP contribution is 2.23. The van der Waals surface area contributed by atoms with Gasteiger partial charge >= 0.3 is 0 Å². The molecule has 3 N–H and O–H groups in total. The Morgan fingerprint density at radius 2 is 1.82 bits per heavy atom. The zero-order valence-corrected chi connectivity index (χ0v) is 24.8. The van der Waals surface area contributed by atoms with Crippen LogP contribution in [0.25, 0.3) is 0 Å². The van der Waals surface area contributed by atoms with Gasteiger partial charge in [-0.25, -0.2) is 8.42 Å². The highest BCUT2D eigenvalue weighted by molar-refractivity contribution is 7.92. The monoisotopic (exact) mass is 566 g/mol. The molecule has 3 rings (SSSR count). The average molecular weight is 567 g/mol. The zero-order valence-electron chi connectivity index (χ0n) is 24.0. The van der Waals surface area contributed by atoms with Gasteiger partial charge in [-0.2, -0.15) is 0 Å². The summed E-state index contributed by atoms with van der Waals surface area (Å²) in [5.41, 5.74) is 4.08. The maximum atomic E-state index is 13.6. The van der Waals surface area contributed by atoms with E-state index in [2.05, 4.69) is 34.0 Å². The number of benzene rings is 2. The zero-order chi connectivity index (χ0) is 29.3. The fraction of sp³-hybridized carbons (Fsp3) is 0.484. The summed E-state index contributed by atoms with van der Waals surface area (Å²) in [5.74, 6) is 2.42. The summed E-state index contributed by atoms with van der Waals surface area (Å²) in [4.78, 5) is 26.4. The molecule has 1 aliphatic heterocycles. The third kappa shape index (κ3) is 9.39. The predicted octanol–water partition coefficient (Wildman–Crippen LogP) is 3.06. The summed E-state index contributed by atoms with van der Waals surface area (Å²) in [6, 6.07) is 12.7. The smallest absolute Gasteiger partial charge is 0.251 e. The van der Waals surface area contributed by atoms with Crippen LogP contribution in [0.1, 0.15) is 60.2 Å². The van der Waals surface area contributed by atoms with Crippen LogP contribution in [0.4, 0.5) is 5.69 Å². The highest BCUT2D eigenvalue weighted by atomic mass is 32.2. The van der Waals surface area contributed by atoms with E-state index in [1.165, 1.54) is 16.9 Å². The first-order chi connectivity index (χ1) is 19.0. The molecular weight excluding hydrogens is 524 g/mol. The molecule has 2 aromatic rings. The number of nitrogens with one attached hydrogen (secondary N) is 3. The fourth-order valence-corrected chi connectivity index (χ4v) is 5.20. The van der Waals surface area contributed by atoms with Crippen LogP contribution >= 0.6 is 0 Å². The van der Waals surface area contributed by atoms with E-state index >= 15 is 0 Å². The molecule has 0 fully saturated rings. The lowest BCUT2D eigenvalue weighted by Gasteiger charge is -2.24. The van der Waals surface area contributed by atoms with E-state index in [0.29, 0.717) is 36.7 Å². The summed E-state index contributed by atoms with van der Waals surface area (Å²) in [5, 5.41) is 9.34. The van der Waals surface area contributed by atoms with Gasteiger partial charge in [0.2, 0.25) is 15.9 Å². The number of nitrogens with zero attached hydrogens (tertiary/aromatic N) is 1. The first-order valence-electron chi connectivity index (χ1n) is 13.9. The van der Waals surface area contributed by atoms with E-state index in [1.807, 2.05) is 38.1 Å². The fourth-order valence-electron chi connectivity index (χ4n) is 4.71. The highest BCUT2D eigenvalue weighted by Gasteiger charge is 2.22. The molecule has 2 atom stereocenters. The van der Waals surface area contributed by atoms with Crippen LogP contribution in [-0.2, 0) is 34.1 Å². The van der Waals surface area contributed by atoms with Crippen LogP contribution in [0.3, 0.4) is 0 Å². The van der Waals surface area contributed by atoms with Crippen molar-refractivity contribution in [1.29, 1.82) is 0 Å². The molecule has 8 nitrogen and oxygen atoms in total. The van der Waals surface area contributed by atoms with Crippen molar-refractivity contribution < 1.29 is 18.0 Å². The first kappa shape index (κ1) is 31.2. The Balaban J connectivity index is 1.91. The summed E-state index contributed by atoms with van der Waals surface area (Å²) >= 11 is 0. The van der Waals surface area contributed by atoms with Gasteiger partial charge < -0.3 is 16.0 Å². The maximum absolute atomic E-state index is 13.6. The van der Waals surface area contributed by atoms with Crippen LogP contribution < -0.4 is 20.3 Å². The number of carbonyl (C=O) groups excluding carboxylic acids is 2. The molecule has 2 aromatic carbocycles. The lowest BCUT2D eigenvalue weighted by molar-refractivity contribution is -0.123. The molecule has 216 valence electrons. The van der Waals surface area contributed by atoms with E-state index < -0.39 is 16.1 Å². The van der Waals surface area contributed by atoms with E-state index in [9.17, 15) is 18.0 Å². The lowest BCUT2D eigenvalue weighted by atomic mass is 9.97. The molecular formula is C31H42N4O4S. The second-order valence-corrected chi connectivity index (χ2v) is 13.0. The minimum atomic E-state index is -3.50. The van der Waals surface area contributed by atoms with Crippen LogP contribution in [0.2, 0.25) is 0 Å². The first-order valence-corrected chi connectivity index (χ1v) is 15.7. The summed E-state index contributed by atoms with van der Waals surface area (Å²) in [6.45, 7) is 4.93. The van der Waals surface area contributed by atoms with E-state index in [0.717, 1.165) is 43.1 Å². The Labute approximate surface area is 239 Å². The number of fused-ring (bicyclic) bond motifs is 4. The number of amides is 2. The Kier molecular flexibility index (Phi) is 11.2. The molecule has 1 heterocycles. The standard InChI is InChI=1S/C31H42N4O4S/c1-6-10-29(31(37)33-20-22(2)3)32-21-27-17-24-14-9-13-23(15-24)11-7-8-12-25-16-26(30(36)34-27)19-28(18-25)35(4)40(5,38)39/h1,9,13-16,18-19,22,27,29,32H,7-8,10-12,17,20-21H2,2-5H3,(H,33,37)(H,34,36)/t27-,29-/m0/s1. The Hall–Kier alpha value is -3.35. The molecule has 0 spiro atoms. The number of aryl methyl sites for hydroxylation is 2. The second kappa shape index (κ2) is 14.3. The van der Waals surface area contributed by atoms with Crippen molar-refractivity contribution >= 4 is 27.5 Å². The largest absolute Gasteiger partial charge is 0.354 e. The van der Waals surface area contributed by atoms with Gasteiger partial charge in [0.1, 0.15) is 0 Å². The van der Waals surface area contributed by atoms with Crippen LogP contribution in [0.5, 0.6) is 0 Å². The molecule has 0 aromatic heterocycles. The number of sulfonamides is 1. The van der Waals surface area contributed by atoms with Gasteiger partial charge in [0, 0.05) is 38.2 Å². The lowest BCUT2D eigenvalue weighted by Crippen LogP contribution is -2.51. The van der Waals surface area contributed by atoms with E-state index in [1.54, 1.807) is 6.07 Å². The summed E-state index contributed by atoms with van der Waals surface area (Å²) in [7, 11) is -2.01. The number of terminal acetylenes is 1. The molecule has 4 bridgehead atoms. The number of hydrogen-bond donors (Lipinski definition) is 3. The van der Waals surface area contributed by atoms with Gasteiger partial charge in [-0.15, -0.1) is 12.3 Å². The van der Waals surface area contributed by atoms with Crippen molar-refractivity contribution in [2.24, 2.45) is 5.92 Å². The van der Waals surface area contributed by atoms with Crippen molar-refractivity contribution in [3.63, 3.8) is 0 Å². The minimum absolute atomic E-state index is 0.165. The number of rotatable bonds is 9. The number of carbonyl (C=O) groups is 2. The Bertz CT molecular complexity index is 1330. The summed E-state index contributed by atoms with van der Waals surface area (Å²) < 4.78 is 25.7. The number of hydrogen-bond acceptors (Lipinski definition) is 5. The molecule has 0 saturated heterocycles. The van der Waals surface area contributed by atoms with E-state index in [4.69, 9.17) is 6.42 Å². The van der Waals surface area contributed by atoms with Crippen LogP contribution in [0.15, 0.2) is 42.5 Å². The molecule has 40 heavy (non-hydrogen) atoms. The van der Waals surface area contributed by atoms with Crippen molar-refractivity contribution in [3.05, 3.63) is 64.7 Å². The van der Waals surface area contributed by atoms with Crippen LogP contribution in [-0.4, -0.2) is 58.7 Å². The molecule has 2 amide bonds. The van der Waals surface area contributed by atoms with Gasteiger partial charge in [0.15, 0.2) is 0 Å². The van der Waals surface area contributed by atoms with Crippen LogP contribution in [0, 0.1) is 18.3 Å². The number of anilines is 1. The van der Waals surface area contributed by atoms with Crippen molar-refractivity contribution in [1.82, 2.24) is 16.0 Å². The minimum Gasteiger partial charge on any atom is -0.354 e. The third-order valence-corrected chi connectivity index (χ3v) is 8.23. The molecule has 0 aliphatic carbocycles. The second-order valence-electron chi connectivity index (χ2n) is 11.0. The van der Waals surface area contributed by atoms with Gasteiger partial charge in [0.05, 0.1) is 18.0 Å². The summed E-state index contributed by atoms with van der Waals surface area (Å²) in [6.07, 6.45) is 11.0. The SMILES string of the molecule is C#CC[C@H](NC[C@@H]1Cc2cccc(c2)CCCCc2cc(cc(N(C)S(C)(=O)=O)c2)C(=O)N1)C(=O)NCC(C)C. The van der Waals surface area contributed by atoms with E-state index in [-0.39, 0.29) is 24.3 Å².